The summed E-state index contributed by atoms with van der Waals surface area (Å²) in [5.74, 6) is 0.655. The lowest BCUT2D eigenvalue weighted by Crippen LogP contribution is -2.41. The Morgan fingerprint density at radius 3 is 2.50 bits per heavy atom. The number of nitrogens with one attached hydrogen (secondary N) is 1. The van der Waals surface area contributed by atoms with Crippen molar-refractivity contribution in [3.63, 3.8) is 0 Å². The lowest BCUT2D eigenvalue weighted by molar-refractivity contribution is 0.287. The topological polar surface area (TPSA) is 20.2 Å². The van der Waals surface area contributed by atoms with Crippen LogP contribution in [0.2, 0.25) is 0 Å². The summed E-state index contributed by atoms with van der Waals surface area (Å²) in [5, 5.41) is 3.63. The summed E-state index contributed by atoms with van der Waals surface area (Å²) in [4.78, 5) is 2.24. The van der Waals surface area contributed by atoms with Crippen LogP contribution in [0, 0.1) is 5.92 Å². The molecule has 3 heteroatoms. The van der Waals surface area contributed by atoms with Gasteiger partial charge in [-0.2, -0.15) is 0 Å². The fourth-order valence-electron chi connectivity index (χ4n) is 1.82. The number of likely N-dealkylation sites (N-methyl/N-ethyl adjacent to an activating group) is 1. The maximum Gasteiger partial charge on any atom is 0.0362 e. The summed E-state index contributed by atoms with van der Waals surface area (Å²) in [6.45, 7) is 6.57. The second-order valence-corrected chi connectivity index (χ2v) is 5.10. The van der Waals surface area contributed by atoms with Crippen molar-refractivity contribution in [3.05, 3.63) is 24.0 Å². The Balaban J connectivity index is 2.47. The highest BCUT2D eigenvalue weighted by Gasteiger charge is 2.13. The normalized spacial score (nSPS) is 13.7. The van der Waals surface area contributed by atoms with Gasteiger partial charge < -0.3 is 14.8 Å². The summed E-state index contributed by atoms with van der Waals surface area (Å²) >= 11 is 0. The van der Waals surface area contributed by atoms with E-state index >= 15 is 0 Å². The smallest absolute Gasteiger partial charge is 0.0362 e. The summed E-state index contributed by atoms with van der Waals surface area (Å²) in [7, 11) is 6.34. The fourth-order valence-corrected chi connectivity index (χ4v) is 1.82. The minimum Gasteiger partial charge on any atom is -0.353 e. The van der Waals surface area contributed by atoms with Gasteiger partial charge in [0.2, 0.25) is 0 Å². The molecule has 0 fully saturated rings. The van der Waals surface area contributed by atoms with Crippen LogP contribution in [0.1, 0.15) is 19.5 Å². The van der Waals surface area contributed by atoms with Gasteiger partial charge in [-0.05, 0) is 32.1 Å². The van der Waals surface area contributed by atoms with E-state index in [1.54, 1.807) is 0 Å². The molecule has 0 bridgehead atoms. The summed E-state index contributed by atoms with van der Waals surface area (Å²) < 4.78 is 2.17. The van der Waals surface area contributed by atoms with E-state index in [1.165, 1.54) is 5.69 Å². The maximum absolute atomic E-state index is 3.63. The monoisotopic (exact) mass is 223 g/mol. The van der Waals surface area contributed by atoms with E-state index in [9.17, 15) is 0 Å². The zero-order chi connectivity index (χ0) is 12.1. The molecule has 0 saturated carbocycles. The first-order valence-electron chi connectivity index (χ1n) is 5.99. The number of aryl methyl sites for hydroxylation is 1. The van der Waals surface area contributed by atoms with E-state index in [1.807, 2.05) is 0 Å². The van der Waals surface area contributed by atoms with Crippen LogP contribution in [0.25, 0.3) is 0 Å². The average molecular weight is 223 g/mol. The van der Waals surface area contributed by atoms with Crippen LogP contribution in [0.5, 0.6) is 0 Å². The van der Waals surface area contributed by atoms with Gasteiger partial charge in [-0.25, -0.2) is 0 Å². The van der Waals surface area contributed by atoms with E-state index in [2.05, 4.69) is 68.1 Å². The zero-order valence-electron chi connectivity index (χ0n) is 11.2. The van der Waals surface area contributed by atoms with Crippen molar-refractivity contribution in [1.29, 1.82) is 0 Å². The highest BCUT2D eigenvalue weighted by molar-refractivity contribution is 5.06. The van der Waals surface area contributed by atoms with Crippen LogP contribution in [0.4, 0.5) is 0 Å². The van der Waals surface area contributed by atoms with Crippen molar-refractivity contribution in [2.45, 2.75) is 26.4 Å². The Morgan fingerprint density at radius 2 is 2.06 bits per heavy atom. The van der Waals surface area contributed by atoms with Crippen LogP contribution in [-0.4, -0.2) is 36.1 Å². The van der Waals surface area contributed by atoms with Gasteiger partial charge >= 0.3 is 0 Å². The molecule has 0 aromatic carbocycles. The first-order chi connectivity index (χ1) is 7.50. The fraction of sp³-hybridized carbons (Fsp3) is 0.692. The third-order valence-electron chi connectivity index (χ3n) is 2.96. The lowest BCUT2D eigenvalue weighted by Gasteiger charge is -2.25. The van der Waals surface area contributed by atoms with Crippen LogP contribution in [-0.2, 0) is 13.6 Å². The number of rotatable bonds is 6. The van der Waals surface area contributed by atoms with Gasteiger partial charge in [-0.15, -0.1) is 0 Å². The number of hydrogen-bond donors (Lipinski definition) is 1. The minimum absolute atomic E-state index is 0.546. The summed E-state index contributed by atoms with van der Waals surface area (Å²) in [6.07, 6.45) is 2.09. The third-order valence-corrected chi connectivity index (χ3v) is 2.96. The highest BCUT2D eigenvalue weighted by atomic mass is 15.1. The van der Waals surface area contributed by atoms with E-state index in [0.29, 0.717) is 12.0 Å². The third kappa shape index (κ3) is 3.99. The molecule has 0 radical (unpaired) electrons. The van der Waals surface area contributed by atoms with Crippen molar-refractivity contribution >= 4 is 0 Å². The van der Waals surface area contributed by atoms with Crippen molar-refractivity contribution < 1.29 is 0 Å². The highest BCUT2D eigenvalue weighted by Crippen LogP contribution is 2.05. The molecule has 16 heavy (non-hydrogen) atoms. The van der Waals surface area contributed by atoms with Crippen LogP contribution in [0.15, 0.2) is 18.3 Å². The molecule has 0 amide bonds. The van der Waals surface area contributed by atoms with Gasteiger partial charge in [0.05, 0.1) is 0 Å². The SMILES string of the molecule is CC(C)C(CN(C)C)NCc1cccn1C. The Labute approximate surface area is 99.4 Å². The van der Waals surface area contributed by atoms with Crippen molar-refractivity contribution in [3.8, 4) is 0 Å². The summed E-state index contributed by atoms with van der Waals surface area (Å²) in [6, 6.07) is 4.80. The average Bonchev–Trinajstić information content (AvgIpc) is 2.57. The Morgan fingerprint density at radius 1 is 1.38 bits per heavy atom. The zero-order valence-corrected chi connectivity index (χ0v) is 11.2. The molecule has 0 aliphatic carbocycles. The van der Waals surface area contributed by atoms with Gasteiger partial charge in [0.25, 0.3) is 0 Å². The molecule has 1 heterocycles. The van der Waals surface area contributed by atoms with Crippen LogP contribution in [0.3, 0.4) is 0 Å². The van der Waals surface area contributed by atoms with E-state index < -0.39 is 0 Å². The van der Waals surface area contributed by atoms with Crippen LogP contribution < -0.4 is 5.32 Å². The molecule has 1 unspecified atom stereocenters. The molecule has 0 spiro atoms. The molecule has 92 valence electrons. The largest absolute Gasteiger partial charge is 0.353 e. The van der Waals surface area contributed by atoms with Gasteiger partial charge in [0.15, 0.2) is 0 Å². The van der Waals surface area contributed by atoms with Gasteiger partial charge in [0.1, 0.15) is 0 Å². The first-order valence-corrected chi connectivity index (χ1v) is 5.99. The van der Waals surface area contributed by atoms with E-state index in [0.717, 1.165) is 13.1 Å². The number of nitrogens with zero attached hydrogens (tertiary/aromatic N) is 2. The van der Waals surface area contributed by atoms with Gasteiger partial charge in [-0.3, -0.25) is 0 Å². The van der Waals surface area contributed by atoms with Gasteiger partial charge in [-0.1, -0.05) is 13.8 Å². The molecule has 1 aromatic heterocycles. The predicted molar refractivity (Wildman–Crippen MR) is 69.4 cm³/mol. The van der Waals surface area contributed by atoms with E-state index in [4.69, 9.17) is 0 Å². The maximum atomic E-state index is 3.63. The minimum atomic E-state index is 0.546. The van der Waals surface area contributed by atoms with Crippen LogP contribution >= 0.6 is 0 Å². The van der Waals surface area contributed by atoms with Crippen molar-refractivity contribution in [1.82, 2.24) is 14.8 Å². The molecule has 1 rings (SSSR count). The summed E-state index contributed by atoms with van der Waals surface area (Å²) in [5.41, 5.74) is 1.34. The number of aromatic nitrogens is 1. The predicted octanol–water partition coefficient (Wildman–Crippen LogP) is 1.70. The lowest BCUT2D eigenvalue weighted by atomic mass is 10.0. The molecule has 3 nitrogen and oxygen atoms in total. The molecule has 0 aliphatic rings. The Bertz CT molecular complexity index is 302. The molecule has 1 atom stereocenters. The Hall–Kier alpha value is -0.800. The van der Waals surface area contributed by atoms with Crippen molar-refractivity contribution in [2.75, 3.05) is 20.6 Å². The second kappa shape index (κ2) is 6.06. The molecular formula is C13H25N3. The first kappa shape index (κ1) is 13.3. The second-order valence-electron chi connectivity index (χ2n) is 5.10. The molecule has 0 saturated heterocycles. The standard InChI is InChI=1S/C13H25N3/c1-11(2)13(10-15(3)4)14-9-12-7-6-8-16(12)5/h6-8,11,13-14H,9-10H2,1-5H3. The molecule has 1 N–H and O–H groups in total. The number of hydrogen-bond acceptors (Lipinski definition) is 2. The molecule has 1 aromatic rings. The molecular weight excluding hydrogens is 198 g/mol. The van der Waals surface area contributed by atoms with Gasteiger partial charge in [0, 0.05) is 38.1 Å². The Kier molecular flexibility index (Phi) is 5.03. The van der Waals surface area contributed by atoms with Crippen molar-refractivity contribution in [2.24, 2.45) is 13.0 Å². The van der Waals surface area contributed by atoms with E-state index in [-0.39, 0.29) is 0 Å². The quantitative estimate of drug-likeness (QED) is 0.792. The molecule has 0 aliphatic heterocycles.